The lowest BCUT2D eigenvalue weighted by atomic mass is 10.1. The van der Waals surface area contributed by atoms with Gasteiger partial charge in [-0.2, -0.15) is 18.2 Å². The van der Waals surface area contributed by atoms with E-state index in [1.54, 1.807) is 30.3 Å². The Labute approximate surface area is 135 Å². The van der Waals surface area contributed by atoms with E-state index in [9.17, 15) is 22.8 Å². The van der Waals surface area contributed by atoms with Crippen LogP contribution in [0.15, 0.2) is 59.6 Å². The molecule has 24 heavy (non-hydrogen) atoms. The number of carbonyl (C=O) groups excluding carboxylic acids is 2. The van der Waals surface area contributed by atoms with Crippen molar-refractivity contribution in [2.45, 2.75) is 12.6 Å². The maximum absolute atomic E-state index is 12.5. The summed E-state index contributed by atoms with van der Waals surface area (Å²) in [5, 5.41) is 0. The molecule has 0 N–H and O–H groups in total. The number of rotatable bonds is 3. The summed E-state index contributed by atoms with van der Waals surface area (Å²) in [6.07, 6.45) is -4.43. The Kier molecular flexibility index (Phi) is 3.92. The Bertz CT molecular complexity index is 812. The van der Waals surface area contributed by atoms with E-state index in [2.05, 4.69) is 4.99 Å². The summed E-state index contributed by atoms with van der Waals surface area (Å²) < 4.78 is 37.6. The summed E-state index contributed by atoms with van der Waals surface area (Å²) >= 11 is 0. The Balaban J connectivity index is 1.78. The zero-order valence-electron chi connectivity index (χ0n) is 12.2. The molecule has 122 valence electrons. The number of hydrogen-bond donors (Lipinski definition) is 0. The van der Waals surface area contributed by atoms with Gasteiger partial charge in [-0.25, -0.2) is 9.69 Å². The number of para-hydroxylation sites is 1. The maximum atomic E-state index is 12.5. The quantitative estimate of drug-likeness (QED) is 0.857. The highest BCUT2D eigenvalue weighted by atomic mass is 19.4. The second-order valence-corrected chi connectivity index (χ2v) is 5.19. The predicted octanol–water partition coefficient (Wildman–Crippen LogP) is 3.86. The fraction of sp³-hybridized carbons (Fsp3) is 0.118. The summed E-state index contributed by atoms with van der Waals surface area (Å²) in [6.45, 7) is 0. The zero-order chi connectivity index (χ0) is 17.3. The summed E-state index contributed by atoms with van der Waals surface area (Å²) in [6, 6.07) is 12.0. The van der Waals surface area contributed by atoms with Crippen molar-refractivity contribution in [3.8, 4) is 0 Å². The van der Waals surface area contributed by atoms with Crippen molar-refractivity contribution in [1.82, 2.24) is 0 Å². The van der Waals surface area contributed by atoms with Crippen LogP contribution in [0.5, 0.6) is 0 Å². The topological polar surface area (TPSA) is 49.7 Å². The molecular formula is C17H11F3N2O2. The lowest BCUT2D eigenvalue weighted by Gasteiger charge is -2.12. The molecule has 0 fully saturated rings. The van der Waals surface area contributed by atoms with Crippen LogP contribution in [0, 0.1) is 0 Å². The molecule has 0 unspecified atom stereocenters. The summed E-state index contributed by atoms with van der Waals surface area (Å²) in [5.74, 6) is -0.564. The Hall–Kier alpha value is -2.96. The molecule has 1 heterocycles. The normalized spacial score (nSPS) is 15.0. The van der Waals surface area contributed by atoms with Crippen molar-refractivity contribution in [2.24, 2.45) is 4.99 Å². The van der Waals surface area contributed by atoms with E-state index in [0.717, 1.165) is 17.0 Å². The highest BCUT2D eigenvalue weighted by Crippen LogP contribution is 2.29. The fourth-order valence-electron chi connectivity index (χ4n) is 2.35. The minimum Gasteiger partial charge on any atom is -0.267 e. The van der Waals surface area contributed by atoms with Crippen LogP contribution in [0.4, 0.5) is 23.7 Å². The molecule has 2 aromatic rings. The number of aliphatic imine (C=N–C) groups is 1. The van der Waals surface area contributed by atoms with Gasteiger partial charge in [0.25, 0.3) is 5.91 Å². The van der Waals surface area contributed by atoms with Crippen molar-refractivity contribution in [1.29, 1.82) is 0 Å². The van der Waals surface area contributed by atoms with Crippen LogP contribution in [0.1, 0.15) is 11.1 Å². The van der Waals surface area contributed by atoms with Crippen LogP contribution in [-0.4, -0.2) is 17.6 Å². The number of nitrogens with zero attached hydrogens (tertiary/aromatic N) is 2. The van der Waals surface area contributed by atoms with Crippen molar-refractivity contribution in [2.75, 3.05) is 4.90 Å². The fourth-order valence-corrected chi connectivity index (χ4v) is 2.35. The third kappa shape index (κ3) is 3.05. The molecular weight excluding hydrogens is 321 g/mol. The SMILES string of the molecule is O=C1N=C(Cc2ccc(C(F)(F)F)cc2)C(=O)N1c1ccccc1. The molecule has 2 aromatic carbocycles. The number of halogens is 3. The summed E-state index contributed by atoms with van der Waals surface area (Å²) in [7, 11) is 0. The minimum atomic E-state index is -4.42. The number of amides is 3. The molecule has 4 nitrogen and oxygen atoms in total. The van der Waals surface area contributed by atoms with E-state index in [4.69, 9.17) is 0 Å². The van der Waals surface area contributed by atoms with E-state index < -0.39 is 23.7 Å². The van der Waals surface area contributed by atoms with Gasteiger partial charge in [0.2, 0.25) is 0 Å². The number of anilines is 1. The number of alkyl halides is 3. The number of carbonyl (C=O) groups is 2. The molecule has 1 aliphatic heterocycles. The Morgan fingerprint density at radius 2 is 1.54 bits per heavy atom. The van der Waals surface area contributed by atoms with E-state index in [1.165, 1.54) is 12.1 Å². The van der Waals surface area contributed by atoms with Gasteiger partial charge in [0.1, 0.15) is 5.71 Å². The second kappa shape index (κ2) is 5.92. The largest absolute Gasteiger partial charge is 0.416 e. The van der Waals surface area contributed by atoms with Gasteiger partial charge in [-0.1, -0.05) is 30.3 Å². The molecule has 3 amide bonds. The van der Waals surface area contributed by atoms with Gasteiger partial charge < -0.3 is 0 Å². The van der Waals surface area contributed by atoms with Crippen molar-refractivity contribution in [3.63, 3.8) is 0 Å². The molecule has 0 bridgehead atoms. The van der Waals surface area contributed by atoms with Gasteiger partial charge in [0, 0.05) is 6.42 Å². The van der Waals surface area contributed by atoms with Gasteiger partial charge in [0.05, 0.1) is 11.3 Å². The van der Waals surface area contributed by atoms with E-state index >= 15 is 0 Å². The Morgan fingerprint density at radius 1 is 0.917 bits per heavy atom. The van der Waals surface area contributed by atoms with Crippen LogP contribution in [0.25, 0.3) is 0 Å². The van der Waals surface area contributed by atoms with Gasteiger partial charge in [-0.15, -0.1) is 0 Å². The molecule has 1 aliphatic rings. The first kappa shape index (κ1) is 15.9. The third-order valence-corrected chi connectivity index (χ3v) is 3.54. The van der Waals surface area contributed by atoms with Crippen LogP contribution in [0.2, 0.25) is 0 Å². The molecule has 0 saturated carbocycles. The van der Waals surface area contributed by atoms with Crippen LogP contribution in [-0.2, 0) is 17.4 Å². The third-order valence-electron chi connectivity index (χ3n) is 3.54. The molecule has 0 spiro atoms. The monoisotopic (exact) mass is 332 g/mol. The van der Waals surface area contributed by atoms with Crippen molar-refractivity contribution in [3.05, 3.63) is 65.7 Å². The van der Waals surface area contributed by atoms with E-state index in [0.29, 0.717) is 11.3 Å². The molecule has 0 aliphatic carbocycles. The number of imide groups is 1. The first-order valence-electron chi connectivity index (χ1n) is 7.03. The molecule has 0 radical (unpaired) electrons. The minimum absolute atomic E-state index is 0.00334. The van der Waals surface area contributed by atoms with E-state index in [1.807, 2.05) is 0 Å². The number of hydrogen-bond acceptors (Lipinski definition) is 2. The zero-order valence-corrected chi connectivity index (χ0v) is 12.2. The van der Waals surface area contributed by atoms with Gasteiger partial charge in [-0.05, 0) is 29.8 Å². The molecule has 0 aromatic heterocycles. The van der Waals surface area contributed by atoms with Crippen molar-refractivity contribution >= 4 is 23.3 Å². The predicted molar refractivity (Wildman–Crippen MR) is 81.9 cm³/mol. The average Bonchev–Trinajstić information content (AvgIpc) is 2.82. The molecule has 0 saturated heterocycles. The highest BCUT2D eigenvalue weighted by molar-refractivity contribution is 6.53. The smallest absolute Gasteiger partial charge is 0.267 e. The summed E-state index contributed by atoms with van der Waals surface area (Å²) in [4.78, 5) is 29.0. The molecule has 0 atom stereocenters. The molecule has 7 heteroatoms. The lowest BCUT2D eigenvalue weighted by Crippen LogP contribution is -2.33. The van der Waals surface area contributed by atoms with Crippen molar-refractivity contribution < 1.29 is 22.8 Å². The van der Waals surface area contributed by atoms with Gasteiger partial charge >= 0.3 is 12.2 Å². The Morgan fingerprint density at radius 3 is 2.12 bits per heavy atom. The highest BCUT2D eigenvalue weighted by Gasteiger charge is 2.34. The number of benzene rings is 2. The lowest BCUT2D eigenvalue weighted by molar-refractivity contribution is -0.137. The van der Waals surface area contributed by atoms with Crippen LogP contribution < -0.4 is 4.90 Å². The average molecular weight is 332 g/mol. The van der Waals surface area contributed by atoms with Crippen LogP contribution in [0.3, 0.4) is 0 Å². The van der Waals surface area contributed by atoms with Gasteiger partial charge in [-0.3, -0.25) is 4.79 Å². The summed E-state index contributed by atoms with van der Waals surface area (Å²) in [5.41, 5.74) is 0.105. The standard InChI is InChI=1S/C17H11F3N2O2/c18-17(19,20)12-8-6-11(7-9-12)10-14-15(23)22(16(24)21-14)13-4-2-1-3-5-13/h1-9H,10H2. The van der Waals surface area contributed by atoms with E-state index in [-0.39, 0.29) is 12.1 Å². The van der Waals surface area contributed by atoms with Crippen LogP contribution >= 0.6 is 0 Å². The first-order chi connectivity index (χ1) is 11.4. The maximum Gasteiger partial charge on any atom is 0.416 e. The second-order valence-electron chi connectivity index (χ2n) is 5.19. The van der Waals surface area contributed by atoms with Gasteiger partial charge in [0.15, 0.2) is 0 Å². The first-order valence-corrected chi connectivity index (χ1v) is 7.03. The number of urea groups is 1. The molecule has 3 rings (SSSR count).